The minimum absolute atomic E-state index is 0. The van der Waals surface area contributed by atoms with Gasteiger partial charge >= 0.3 is 0 Å². The number of carbonyl (C=O) groups excluding carboxylic acids is 1. The van der Waals surface area contributed by atoms with Crippen LogP contribution >= 0.6 is 12.4 Å². The number of nitrogens with zero attached hydrogens (tertiary/aromatic N) is 1. The van der Waals surface area contributed by atoms with Crippen molar-refractivity contribution < 1.29 is 9.18 Å². The van der Waals surface area contributed by atoms with E-state index in [9.17, 15) is 9.18 Å². The molecule has 1 saturated heterocycles. The Bertz CT molecular complexity index is 413. The first-order valence-electron chi connectivity index (χ1n) is 6.18. The third-order valence-electron chi connectivity index (χ3n) is 3.25. The van der Waals surface area contributed by atoms with E-state index in [0.717, 1.165) is 19.4 Å². The normalized spacial score (nSPS) is 18.9. The van der Waals surface area contributed by atoms with Gasteiger partial charge in [-0.15, -0.1) is 12.4 Å². The van der Waals surface area contributed by atoms with Crippen molar-refractivity contribution in [2.75, 3.05) is 25.0 Å². The summed E-state index contributed by atoms with van der Waals surface area (Å²) >= 11 is 0. The van der Waals surface area contributed by atoms with Gasteiger partial charge in [-0.3, -0.25) is 9.69 Å². The number of hydrogen-bond acceptors (Lipinski definition) is 3. The molecule has 4 nitrogen and oxygen atoms in total. The molecule has 1 aliphatic rings. The van der Waals surface area contributed by atoms with Crippen molar-refractivity contribution in [3.63, 3.8) is 0 Å². The van der Waals surface area contributed by atoms with Crippen LogP contribution in [0.25, 0.3) is 0 Å². The fourth-order valence-electron chi connectivity index (χ4n) is 2.29. The van der Waals surface area contributed by atoms with E-state index in [1.165, 1.54) is 12.1 Å². The lowest BCUT2D eigenvalue weighted by atomic mass is 10.2. The molecule has 0 spiro atoms. The molecule has 3 N–H and O–H groups in total. The number of nitrogens with one attached hydrogen (secondary N) is 1. The van der Waals surface area contributed by atoms with Crippen molar-refractivity contribution >= 4 is 24.0 Å². The summed E-state index contributed by atoms with van der Waals surface area (Å²) in [5, 5.41) is 2.75. The second-order valence-electron chi connectivity index (χ2n) is 4.56. The first-order chi connectivity index (χ1) is 8.69. The Balaban J connectivity index is 0.00000180. The average molecular weight is 288 g/mol. The SMILES string of the molecule is Cl.NCC1CCCN1CC(=O)Nc1ccc(F)cc1. The highest BCUT2D eigenvalue weighted by atomic mass is 35.5. The van der Waals surface area contributed by atoms with Gasteiger partial charge in [0.1, 0.15) is 5.82 Å². The van der Waals surface area contributed by atoms with Crippen LogP contribution in [0.5, 0.6) is 0 Å². The molecular weight excluding hydrogens is 269 g/mol. The molecular formula is C13H19ClFN3O. The number of likely N-dealkylation sites (tertiary alicyclic amines) is 1. The summed E-state index contributed by atoms with van der Waals surface area (Å²) in [6, 6.07) is 6.07. The van der Waals surface area contributed by atoms with Gasteiger partial charge in [-0.05, 0) is 43.7 Å². The number of nitrogens with two attached hydrogens (primary N) is 1. The molecule has 0 radical (unpaired) electrons. The lowest BCUT2D eigenvalue weighted by molar-refractivity contribution is -0.117. The summed E-state index contributed by atoms with van der Waals surface area (Å²) in [6.45, 7) is 1.85. The zero-order valence-corrected chi connectivity index (χ0v) is 11.5. The number of rotatable bonds is 4. The van der Waals surface area contributed by atoms with Crippen LogP contribution in [0.4, 0.5) is 10.1 Å². The van der Waals surface area contributed by atoms with Crippen molar-refractivity contribution in [2.24, 2.45) is 5.73 Å². The van der Waals surface area contributed by atoms with E-state index < -0.39 is 0 Å². The van der Waals surface area contributed by atoms with Crippen LogP contribution in [0.15, 0.2) is 24.3 Å². The summed E-state index contributed by atoms with van der Waals surface area (Å²) < 4.78 is 12.7. The van der Waals surface area contributed by atoms with E-state index in [-0.39, 0.29) is 24.1 Å². The Morgan fingerprint density at radius 3 is 2.74 bits per heavy atom. The van der Waals surface area contributed by atoms with E-state index in [4.69, 9.17) is 5.73 Å². The number of benzene rings is 1. The third kappa shape index (κ3) is 4.45. The molecule has 106 valence electrons. The van der Waals surface area contributed by atoms with Crippen LogP contribution in [0.3, 0.4) is 0 Å². The first kappa shape index (κ1) is 15.9. The zero-order valence-electron chi connectivity index (χ0n) is 10.6. The van der Waals surface area contributed by atoms with Crippen molar-refractivity contribution in [3.8, 4) is 0 Å². The highest BCUT2D eigenvalue weighted by molar-refractivity contribution is 5.92. The molecule has 1 heterocycles. The van der Waals surface area contributed by atoms with Crippen LogP contribution in [0.1, 0.15) is 12.8 Å². The zero-order chi connectivity index (χ0) is 13.0. The molecule has 0 aliphatic carbocycles. The van der Waals surface area contributed by atoms with Crippen LogP contribution in [-0.4, -0.2) is 36.5 Å². The molecule has 6 heteroatoms. The second kappa shape index (κ2) is 7.43. The standard InChI is InChI=1S/C13H18FN3O.ClH/c14-10-3-5-11(6-4-10)16-13(18)9-17-7-1-2-12(17)8-15;/h3-6,12H,1-2,7-9,15H2,(H,16,18);1H. The Morgan fingerprint density at radius 1 is 1.42 bits per heavy atom. The Hall–Kier alpha value is -1.17. The van der Waals surface area contributed by atoms with Gasteiger partial charge in [0, 0.05) is 18.3 Å². The predicted octanol–water partition coefficient (Wildman–Crippen LogP) is 1.61. The maximum atomic E-state index is 12.7. The Labute approximate surface area is 118 Å². The molecule has 1 unspecified atom stereocenters. The van der Waals surface area contributed by atoms with Crippen LogP contribution in [0, 0.1) is 5.82 Å². The molecule has 0 saturated carbocycles. The van der Waals surface area contributed by atoms with Gasteiger partial charge in [-0.2, -0.15) is 0 Å². The van der Waals surface area contributed by atoms with E-state index >= 15 is 0 Å². The van der Waals surface area contributed by atoms with Crippen LogP contribution in [-0.2, 0) is 4.79 Å². The topological polar surface area (TPSA) is 58.4 Å². The van der Waals surface area contributed by atoms with Crippen molar-refractivity contribution in [1.29, 1.82) is 0 Å². The minimum Gasteiger partial charge on any atom is -0.329 e. The number of carbonyl (C=O) groups is 1. The Morgan fingerprint density at radius 2 is 2.11 bits per heavy atom. The average Bonchev–Trinajstić information content (AvgIpc) is 2.79. The highest BCUT2D eigenvalue weighted by Gasteiger charge is 2.24. The molecule has 0 aromatic heterocycles. The molecule has 1 aromatic rings. The molecule has 1 amide bonds. The first-order valence-corrected chi connectivity index (χ1v) is 6.18. The smallest absolute Gasteiger partial charge is 0.238 e. The lowest BCUT2D eigenvalue weighted by Gasteiger charge is -2.22. The highest BCUT2D eigenvalue weighted by Crippen LogP contribution is 2.16. The van der Waals surface area contributed by atoms with E-state index in [0.29, 0.717) is 24.8 Å². The molecule has 1 aromatic carbocycles. The largest absolute Gasteiger partial charge is 0.329 e. The van der Waals surface area contributed by atoms with E-state index in [1.807, 2.05) is 0 Å². The van der Waals surface area contributed by atoms with Gasteiger partial charge in [0.25, 0.3) is 0 Å². The van der Waals surface area contributed by atoms with Gasteiger partial charge < -0.3 is 11.1 Å². The maximum Gasteiger partial charge on any atom is 0.238 e. The van der Waals surface area contributed by atoms with Gasteiger partial charge in [0.15, 0.2) is 0 Å². The monoisotopic (exact) mass is 287 g/mol. The number of anilines is 1. The fraction of sp³-hybridized carbons (Fsp3) is 0.462. The minimum atomic E-state index is -0.310. The molecule has 0 bridgehead atoms. The number of amides is 1. The summed E-state index contributed by atoms with van der Waals surface area (Å²) in [4.78, 5) is 13.9. The quantitative estimate of drug-likeness (QED) is 0.884. The molecule has 2 rings (SSSR count). The van der Waals surface area contributed by atoms with Gasteiger partial charge in [0.2, 0.25) is 5.91 Å². The van der Waals surface area contributed by atoms with Crippen molar-refractivity contribution in [2.45, 2.75) is 18.9 Å². The molecule has 1 aliphatic heterocycles. The van der Waals surface area contributed by atoms with Crippen LogP contribution in [0.2, 0.25) is 0 Å². The molecule has 1 atom stereocenters. The summed E-state index contributed by atoms with van der Waals surface area (Å²) in [6.07, 6.45) is 2.14. The summed E-state index contributed by atoms with van der Waals surface area (Å²) in [5.41, 5.74) is 6.27. The maximum absolute atomic E-state index is 12.7. The molecule has 1 fully saturated rings. The predicted molar refractivity (Wildman–Crippen MR) is 75.9 cm³/mol. The van der Waals surface area contributed by atoms with Crippen molar-refractivity contribution in [3.05, 3.63) is 30.1 Å². The summed E-state index contributed by atoms with van der Waals surface area (Å²) in [5.74, 6) is -0.391. The van der Waals surface area contributed by atoms with E-state index in [1.54, 1.807) is 12.1 Å². The fourth-order valence-corrected chi connectivity index (χ4v) is 2.29. The second-order valence-corrected chi connectivity index (χ2v) is 4.56. The Kier molecular flexibility index (Phi) is 6.21. The number of hydrogen-bond donors (Lipinski definition) is 2. The van der Waals surface area contributed by atoms with Crippen molar-refractivity contribution in [1.82, 2.24) is 4.90 Å². The molecule has 19 heavy (non-hydrogen) atoms. The van der Waals surface area contributed by atoms with Gasteiger partial charge in [-0.1, -0.05) is 0 Å². The van der Waals surface area contributed by atoms with Crippen LogP contribution < -0.4 is 11.1 Å². The lowest BCUT2D eigenvalue weighted by Crippen LogP contribution is -2.40. The van der Waals surface area contributed by atoms with Gasteiger partial charge in [0.05, 0.1) is 6.54 Å². The third-order valence-corrected chi connectivity index (χ3v) is 3.25. The van der Waals surface area contributed by atoms with Gasteiger partial charge in [-0.25, -0.2) is 4.39 Å². The number of halogens is 2. The summed E-state index contributed by atoms with van der Waals surface area (Å²) in [7, 11) is 0. The van der Waals surface area contributed by atoms with E-state index in [2.05, 4.69) is 10.2 Å².